The molecule has 0 saturated carbocycles. The van der Waals surface area contributed by atoms with Gasteiger partial charge in [0.15, 0.2) is 0 Å². The molecule has 0 bridgehead atoms. The lowest BCUT2D eigenvalue weighted by molar-refractivity contribution is 0.0845. The number of para-hydroxylation sites is 1. The monoisotopic (exact) mass is 389 g/mol. The van der Waals surface area contributed by atoms with Crippen molar-refractivity contribution in [3.8, 4) is 0 Å². The van der Waals surface area contributed by atoms with Gasteiger partial charge in [-0.25, -0.2) is 4.39 Å². The first-order chi connectivity index (χ1) is 11.5. The molecule has 0 spiro atoms. The Hall–Kier alpha value is -2.67. The fraction of sp³-hybridized carbons (Fsp3) is 0.0588. The SMILES string of the molecule is Cn1cc(C(=O)NNC(=O)c2ccc(Br)cc2F)c2ccccc21. The number of amides is 2. The maximum Gasteiger partial charge on any atom is 0.272 e. The van der Waals surface area contributed by atoms with Crippen molar-refractivity contribution in [1.29, 1.82) is 0 Å². The third kappa shape index (κ3) is 3.03. The molecule has 0 unspecified atom stereocenters. The van der Waals surface area contributed by atoms with Crippen molar-refractivity contribution in [2.24, 2.45) is 7.05 Å². The van der Waals surface area contributed by atoms with E-state index in [1.165, 1.54) is 12.1 Å². The Morgan fingerprint density at radius 1 is 1.04 bits per heavy atom. The van der Waals surface area contributed by atoms with Crippen LogP contribution in [-0.2, 0) is 7.05 Å². The number of halogens is 2. The highest BCUT2D eigenvalue weighted by atomic mass is 79.9. The Kier molecular flexibility index (Phi) is 4.35. The fourth-order valence-corrected chi connectivity index (χ4v) is 2.78. The van der Waals surface area contributed by atoms with Gasteiger partial charge in [-0.3, -0.25) is 20.4 Å². The summed E-state index contributed by atoms with van der Waals surface area (Å²) in [6, 6.07) is 11.5. The zero-order chi connectivity index (χ0) is 17.3. The predicted molar refractivity (Wildman–Crippen MR) is 92.0 cm³/mol. The number of aromatic nitrogens is 1. The molecule has 1 heterocycles. The van der Waals surface area contributed by atoms with Gasteiger partial charge in [-0.1, -0.05) is 34.1 Å². The molecule has 2 N–H and O–H groups in total. The first-order valence-corrected chi connectivity index (χ1v) is 7.86. The van der Waals surface area contributed by atoms with Gasteiger partial charge >= 0.3 is 0 Å². The highest BCUT2D eigenvalue weighted by Crippen LogP contribution is 2.20. The van der Waals surface area contributed by atoms with Crippen molar-refractivity contribution in [2.75, 3.05) is 0 Å². The normalized spacial score (nSPS) is 10.6. The topological polar surface area (TPSA) is 63.1 Å². The predicted octanol–water partition coefficient (Wildman–Crippen LogP) is 3.15. The minimum Gasteiger partial charge on any atom is -0.350 e. The van der Waals surface area contributed by atoms with Crippen LogP contribution in [0.15, 0.2) is 53.1 Å². The maximum absolute atomic E-state index is 13.8. The number of hydrogen-bond donors (Lipinski definition) is 2. The van der Waals surface area contributed by atoms with Crippen LogP contribution in [0.5, 0.6) is 0 Å². The van der Waals surface area contributed by atoms with Crippen LogP contribution in [0.25, 0.3) is 10.9 Å². The third-order valence-electron chi connectivity index (χ3n) is 3.61. The van der Waals surface area contributed by atoms with Crippen LogP contribution >= 0.6 is 15.9 Å². The minimum atomic E-state index is -0.728. The Bertz CT molecular complexity index is 952. The molecule has 0 fully saturated rings. The molecule has 24 heavy (non-hydrogen) atoms. The first kappa shape index (κ1) is 16.2. The number of carbonyl (C=O) groups excluding carboxylic acids is 2. The number of carbonyl (C=O) groups is 2. The van der Waals surface area contributed by atoms with Crippen molar-refractivity contribution >= 4 is 38.6 Å². The highest BCUT2D eigenvalue weighted by molar-refractivity contribution is 9.10. The molecule has 1 aromatic heterocycles. The average molecular weight is 390 g/mol. The quantitative estimate of drug-likeness (QED) is 0.661. The Balaban J connectivity index is 1.76. The number of aryl methyl sites for hydroxylation is 1. The van der Waals surface area contributed by atoms with E-state index in [2.05, 4.69) is 26.8 Å². The highest BCUT2D eigenvalue weighted by Gasteiger charge is 2.16. The summed E-state index contributed by atoms with van der Waals surface area (Å²) in [6.07, 6.45) is 1.67. The molecule has 2 aromatic carbocycles. The van der Waals surface area contributed by atoms with Crippen LogP contribution in [-0.4, -0.2) is 16.4 Å². The summed E-state index contributed by atoms with van der Waals surface area (Å²) in [5.41, 5.74) is 5.70. The van der Waals surface area contributed by atoms with Gasteiger partial charge in [0.25, 0.3) is 11.8 Å². The summed E-state index contributed by atoms with van der Waals surface area (Å²) >= 11 is 3.12. The molecule has 0 atom stereocenters. The zero-order valence-corrected chi connectivity index (χ0v) is 14.2. The van der Waals surface area contributed by atoms with Gasteiger partial charge in [-0.05, 0) is 24.3 Å². The second-order valence-corrected chi connectivity index (χ2v) is 6.12. The summed E-state index contributed by atoms with van der Waals surface area (Å²) in [6.45, 7) is 0. The zero-order valence-electron chi connectivity index (χ0n) is 12.6. The van der Waals surface area contributed by atoms with Crippen molar-refractivity contribution < 1.29 is 14.0 Å². The molecule has 122 valence electrons. The van der Waals surface area contributed by atoms with Crippen molar-refractivity contribution in [3.63, 3.8) is 0 Å². The van der Waals surface area contributed by atoms with Gasteiger partial charge in [-0.2, -0.15) is 0 Å². The van der Waals surface area contributed by atoms with Gasteiger partial charge in [0, 0.05) is 28.6 Å². The van der Waals surface area contributed by atoms with E-state index in [0.717, 1.165) is 10.9 Å². The van der Waals surface area contributed by atoms with Crippen molar-refractivity contribution in [3.05, 3.63) is 70.1 Å². The van der Waals surface area contributed by atoms with Gasteiger partial charge < -0.3 is 4.57 Å². The number of hydrogen-bond acceptors (Lipinski definition) is 2. The smallest absolute Gasteiger partial charge is 0.272 e. The lowest BCUT2D eigenvalue weighted by atomic mass is 10.2. The number of hydrazine groups is 1. The molecule has 0 aliphatic carbocycles. The van der Waals surface area contributed by atoms with Gasteiger partial charge in [0.05, 0.1) is 11.1 Å². The Morgan fingerprint density at radius 2 is 1.71 bits per heavy atom. The summed E-state index contributed by atoms with van der Waals surface area (Å²) in [7, 11) is 1.83. The summed E-state index contributed by atoms with van der Waals surface area (Å²) in [5.74, 6) is -1.88. The van der Waals surface area contributed by atoms with Crippen LogP contribution in [0.4, 0.5) is 4.39 Å². The lowest BCUT2D eigenvalue weighted by Crippen LogP contribution is -2.41. The molecule has 0 aliphatic rings. The molecule has 2 amide bonds. The summed E-state index contributed by atoms with van der Waals surface area (Å²) < 4.78 is 16.1. The van der Waals surface area contributed by atoms with E-state index >= 15 is 0 Å². The van der Waals surface area contributed by atoms with E-state index in [0.29, 0.717) is 10.0 Å². The van der Waals surface area contributed by atoms with Crippen LogP contribution in [0.2, 0.25) is 0 Å². The van der Waals surface area contributed by atoms with Gasteiger partial charge in [0.2, 0.25) is 0 Å². The van der Waals surface area contributed by atoms with Crippen molar-refractivity contribution in [2.45, 2.75) is 0 Å². The fourth-order valence-electron chi connectivity index (χ4n) is 2.44. The summed E-state index contributed by atoms with van der Waals surface area (Å²) in [4.78, 5) is 24.3. The second kappa shape index (κ2) is 6.45. The van der Waals surface area contributed by atoms with Crippen LogP contribution < -0.4 is 10.9 Å². The Morgan fingerprint density at radius 3 is 2.42 bits per heavy atom. The molecular weight excluding hydrogens is 377 g/mol. The molecule has 0 aliphatic heterocycles. The average Bonchev–Trinajstić information content (AvgIpc) is 2.90. The largest absolute Gasteiger partial charge is 0.350 e. The van der Waals surface area contributed by atoms with E-state index in [4.69, 9.17) is 0 Å². The number of rotatable bonds is 2. The van der Waals surface area contributed by atoms with Crippen LogP contribution in [0.1, 0.15) is 20.7 Å². The van der Waals surface area contributed by atoms with E-state index in [-0.39, 0.29) is 5.56 Å². The first-order valence-electron chi connectivity index (χ1n) is 7.07. The van der Waals surface area contributed by atoms with Gasteiger partial charge in [0.1, 0.15) is 5.82 Å². The van der Waals surface area contributed by atoms with Crippen LogP contribution in [0, 0.1) is 5.82 Å². The minimum absolute atomic E-state index is 0.156. The molecular formula is C17H13BrFN3O2. The number of benzene rings is 2. The third-order valence-corrected chi connectivity index (χ3v) is 4.10. The number of fused-ring (bicyclic) bond motifs is 1. The molecule has 0 saturated heterocycles. The van der Waals surface area contributed by atoms with Crippen molar-refractivity contribution in [1.82, 2.24) is 15.4 Å². The summed E-state index contributed by atoms with van der Waals surface area (Å²) in [5, 5.41) is 0.765. The lowest BCUT2D eigenvalue weighted by Gasteiger charge is -2.07. The molecule has 0 radical (unpaired) electrons. The molecule has 3 rings (SSSR count). The standard InChI is InChI=1S/C17H13BrFN3O2/c1-22-9-13(11-4-2-3-5-15(11)22)17(24)21-20-16(23)12-7-6-10(18)8-14(12)19/h2-9H,1H3,(H,20,23)(H,21,24). The Labute approximate surface area is 145 Å². The maximum atomic E-state index is 13.8. The second-order valence-electron chi connectivity index (χ2n) is 5.20. The molecule has 7 heteroatoms. The van der Waals surface area contributed by atoms with Gasteiger partial charge in [-0.15, -0.1) is 0 Å². The molecule has 5 nitrogen and oxygen atoms in total. The van der Waals surface area contributed by atoms with E-state index in [9.17, 15) is 14.0 Å². The van der Waals surface area contributed by atoms with Crippen LogP contribution in [0.3, 0.4) is 0 Å². The van der Waals surface area contributed by atoms with E-state index in [1.54, 1.807) is 12.3 Å². The molecule has 3 aromatic rings. The van der Waals surface area contributed by atoms with E-state index in [1.807, 2.05) is 35.9 Å². The van der Waals surface area contributed by atoms with E-state index < -0.39 is 17.6 Å². The number of nitrogens with zero attached hydrogens (tertiary/aromatic N) is 1. The number of nitrogens with one attached hydrogen (secondary N) is 2.